The van der Waals surface area contributed by atoms with Crippen LogP contribution in [-0.2, 0) is 4.79 Å². The molecule has 2 unspecified atom stereocenters. The Labute approximate surface area is 185 Å². The molecule has 0 saturated carbocycles. The van der Waals surface area contributed by atoms with Crippen LogP contribution in [0.15, 0.2) is 66.0 Å². The fourth-order valence-electron chi connectivity index (χ4n) is 4.00. The van der Waals surface area contributed by atoms with Gasteiger partial charge in [0.25, 0.3) is 5.91 Å². The highest BCUT2D eigenvalue weighted by Crippen LogP contribution is 2.45. The Balaban J connectivity index is 1.80. The zero-order valence-corrected chi connectivity index (χ0v) is 18.4. The first-order chi connectivity index (χ1) is 14.5. The van der Waals surface area contributed by atoms with Crippen molar-refractivity contribution in [1.82, 2.24) is 4.90 Å². The molecule has 2 heterocycles. The molecule has 1 aromatic heterocycles. The quantitative estimate of drug-likeness (QED) is 0.532. The molecule has 154 valence electrons. The zero-order valence-electron chi connectivity index (χ0n) is 16.8. The molecule has 0 fully saturated rings. The van der Waals surface area contributed by atoms with Gasteiger partial charge in [0.2, 0.25) is 5.91 Å². The molecule has 3 aromatic rings. The van der Waals surface area contributed by atoms with Gasteiger partial charge in [0.1, 0.15) is 0 Å². The summed E-state index contributed by atoms with van der Waals surface area (Å²) < 4.78 is 0. The molecule has 30 heavy (non-hydrogen) atoms. The Morgan fingerprint density at radius 3 is 2.50 bits per heavy atom. The molecule has 2 atom stereocenters. The lowest BCUT2D eigenvalue weighted by Crippen LogP contribution is -2.47. The fourth-order valence-corrected chi connectivity index (χ4v) is 5.00. The number of thiophene rings is 1. The van der Waals surface area contributed by atoms with Gasteiger partial charge >= 0.3 is 0 Å². The maximum atomic E-state index is 13.6. The van der Waals surface area contributed by atoms with Crippen molar-refractivity contribution in [2.24, 2.45) is 5.92 Å². The molecule has 6 heteroatoms. The van der Waals surface area contributed by atoms with Crippen molar-refractivity contribution in [1.29, 1.82) is 0 Å². The van der Waals surface area contributed by atoms with Crippen molar-refractivity contribution < 1.29 is 9.59 Å². The Morgan fingerprint density at radius 1 is 1.10 bits per heavy atom. The lowest BCUT2D eigenvalue weighted by atomic mass is 9.81. The molecule has 1 N–H and O–H groups in total. The normalized spacial score (nSPS) is 18.4. The van der Waals surface area contributed by atoms with Gasteiger partial charge in [0, 0.05) is 27.7 Å². The van der Waals surface area contributed by atoms with Gasteiger partial charge in [-0.25, -0.2) is 0 Å². The second kappa shape index (κ2) is 8.62. The molecule has 1 aliphatic rings. The first-order valence-corrected chi connectivity index (χ1v) is 11.2. The molecule has 2 aromatic carbocycles. The number of hydrogen-bond donors (Lipinski definition) is 1. The van der Waals surface area contributed by atoms with Crippen LogP contribution in [0.5, 0.6) is 0 Å². The largest absolute Gasteiger partial charge is 0.329 e. The van der Waals surface area contributed by atoms with Crippen LogP contribution in [0, 0.1) is 5.92 Å². The predicted molar refractivity (Wildman–Crippen MR) is 122 cm³/mol. The molecule has 4 nitrogen and oxygen atoms in total. The molecule has 0 aliphatic carbocycles. The lowest BCUT2D eigenvalue weighted by Gasteiger charge is -2.42. The molecule has 0 radical (unpaired) electrons. The summed E-state index contributed by atoms with van der Waals surface area (Å²) in [5.41, 5.74) is 2.05. The summed E-state index contributed by atoms with van der Waals surface area (Å²) in [5, 5.41) is 5.63. The van der Waals surface area contributed by atoms with E-state index in [0.29, 0.717) is 22.8 Å². The van der Waals surface area contributed by atoms with E-state index in [1.165, 1.54) is 0 Å². The number of fused-ring (bicyclic) bond motifs is 1. The average Bonchev–Trinajstić information content (AvgIpc) is 3.25. The Kier molecular flexibility index (Phi) is 5.93. The van der Waals surface area contributed by atoms with Gasteiger partial charge in [-0.15, -0.1) is 11.3 Å². The van der Waals surface area contributed by atoms with Gasteiger partial charge < -0.3 is 10.2 Å². The predicted octanol–water partition coefficient (Wildman–Crippen LogP) is 5.98. The standard InChI is InChI=1S/C24H23ClN2O2S/c1-15(2)14-27-22(20-8-5-13-30-20)21(18-6-3-4-7-19(18)24(27)29)23(28)26-17-11-9-16(25)10-12-17/h3-13,15,21-22H,14H2,1-2H3,(H,26,28). The number of amides is 2. The highest BCUT2D eigenvalue weighted by atomic mass is 35.5. The number of nitrogens with one attached hydrogen (secondary N) is 1. The number of hydrogen-bond acceptors (Lipinski definition) is 3. The Morgan fingerprint density at radius 2 is 1.83 bits per heavy atom. The number of carbonyl (C=O) groups excluding carboxylic acids is 2. The van der Waals surface area contributed by atoms with Crippen LogP contribution in [0.4, 0.5) is 5.69 Å². The van der Waals surface area contributed by atoms with E-state index in [1.54, 1.807) is 35.6 Å². The number of carbonyl (C=O) groups is 2. The Hall–Kier alpha value is -2.63. The van der Waals surface area contributed by atoms with E-state index in [4.69, 9.17) is 11.6 Å². The van der Waals surface area contributed by atoms with Crippen molar-refractivity contribution in [3.63, 3.8) is 0 Å². The van der Waals surface area contributed by atoms with Crippen molar-refractivity contribution in [3.8, 4) is 0 Å². The highest BCUT2D eigenvalue weighted by molar-refractivity contribution is 7.10. The van der Waals surface area contributed by atoms with E-state index in [2.05, 4.69) is 19.2 Å². The van der Waals surface area contributed by atoms with Crippen molar-refractivity contribution in [2.45, 2.75) is 25.8 Å². The van der Waals surface area contributed by atoms with E-state index in [0.717, 1.165) is 10.4 Å². The monoisotopic (exact) mass is 438 g/mol. The maximum Gasteiger partial charge on any atom is 0.254 e. The van der Waals surface area contributed by atoms with Crippen LogP contribution in [0.3, 0.4) is 0 Å². The summed E-state index contributed by atoms with van der Waals surface area (Å²) in [6.45, 7) is 4.75. The van der Waals surface area contributed by atoms with Gasteiger partial charge in [-0.3, -0.25) is 9.59 Å². The first-order valence-electron chi connectivity index (χ1n) is 9.95. The molecular weight excluding hydrogens is 416 g/mol. The van der Waals surface area contributed by atoms with Gasteiger partial charge in [0.15, 0.2) is 0 Å². The highest BCUT2D eigenvalue weighted by Gasteiger charge is 2.44. The molecule has 0 bridgehead atoms. The second-order valence-corrected chi connectivity index (χ2v) is 9.29. The molecular formula is C24H23ClN2O2S. The number of rotatable bonds is 5. The SMILES string of the molecule is CC(C)CN1C(=O)c2ccccc2C(C(=O)Nc2ccc(Cl)cc2)C1c1cccs1. The third-order valence-corrected chi connectivity index (χ3v) is 6.42. The van der Waals surface area contributed by atoms with Crippen LogP contribution in [0.25, 0.3) is 0 Å². The van der Waals surface area contributed by atoms with E-state index in [1.807, 2.05) is 46.7 Å². The molecule has 1 aliphatic heterocycles. The van der Waals surface area contributed by atoms with E-state index in [9.17, 15) is 9.59 Å². The van der Waals surface area contributed by atoms with Crippen molar-refractivity contribution in [3.05, 3.63) is 87.1 Å². The van der Waals surface area contributed by atoms with Gasteiger partial charge in [-0.1, -0.05) is 49.7 Å². The van der Waals surface area contributed by atoms with Gasteiger partial charge in [0.05, 0.1) is 12.0 Å². The van der Waals surface area contributed by atoms with Gasteiger partial charge in [-0.05, 0) is 53.3 Å². The van der Waals surface area contributed by atoms with Crippen LogP contribution in [-0.4, -0.2) is 23.3 Å². The summed E-state index contributed by atoms with van der Waals surface area (Å²) >= 11 is 7.56. The average molecular weight is 439 g/mol. The van der Waals surface area contributed by atoms with Crippen LogP contribution < -0.4 is 5.32 Å². The third-order valence-electron chi connectivity index (χ3n) is 5.23. The van der Waals surface area contributed by atoms with Crippen LogP contribution >= 0.6 is 22.9 Å². The molecule has 0 spiro atoms. The second-order valence-electron chi connectivity index (χ2n) is 7.87. The summed E-state index contributed by atoms with van der Waals surface area (Å²) in [4.78, 5) is 29.9. The van der Waals surface area contributed by atoms with Crippen LogP contribution in [0.1, 0.15) is 46.6 Å². The summed E-state index contributed by atoms with van der Waals surface area (Å²) in [5.74, 6) is -0.383. The minimum Gasteiger partial charge on any atom is -0.329 e. The van der Waals surface area contributed by atoms with Crippen LogP contribution in [0.2, 0.25) is 5.02 Å². The topological polar surface area (TPSA) is 49.4 Å². The molecule has 4 rings (SSSR count). The summed E-state index contributed by atoms with van der Waals surface area (Å²) in [6.07, 6.45) is 0. The van der Waals surface area contributed by atoms with E-state index >= 15 is 0 Å². The minimum atomic E-state index is -0.507. The zero-order chi connectivity index (χ0) is 21.3. The number of halogens is 1. The van der Waals surface area contributed by atoms with Crippen molar-refractivity contribution in [2.75, 3.05) is 11.9 Å². The first kappa shape index (κ1) is 20.6. The third kappa shape index (κ3) is 4.00. The number of benzene rings is 2. The van der Waals surface area contributed by atoms with E-state index in [-0.39, 0.29) is 23.8 Å². The summed E-state index contributed by atoms with van der Waals surface area (Å²) in [7, 11) is 0. The minimum absolute atomic E-state index is 0.0201. The molecule has 2 amide bonds. The summed E-state index contributed by atoms with van der Waals surface area (Å²) in [6, 6.07) is 18.1. The van der Waals surface area contributed by atoms with Gasteiger partial charge in [-0.2, -0.15) is 0 Å². The maximum absolute atomic E-state index is 13.6. The number of anilines is 1. The van der Waals surface area contributed by atoms with E-state index < -0.39 is 5.92 Å². The van der Waals surface area contributed by atoms with Crippen molar-refractivity contribution >= 4 is 40.4 Å². The molecule has 0 saturated heterocycles. The smallest absolute Gasteiger partial charge is 0.254 e. The fraction of sp³-hybridized carbons (Fsp3) is 0.250. The number of nitrogens with zero attached hydrogens (tertiary/aromatic N) is 1. The Bertz CT molecular complexity index is 1050. The lowest BCUT2D eigenvalue weighted by molar-refractivity contribution is -0.119.